The number of carbonyl (C=O) groups is 1. The molecule has 1 fully saturated rings. The zero-order valence-corrected chi connectivity index (χ0v) is 18.9. The summed E-state index contributed by atoms with van der Waals surface area (Å²) in [4.78, 5) is 30.5. The smallest absolute Gasteiger partial charge is 0.262 e. The molecular formula is C24H27N3O3S. The summed E-state index contributed by atoms with van der Waals surface area (Å²) in [5, 5.41) is 4.15. The number of thioether (sulfide) groups is 1. The number of aryl methyl sites for hydroxylation is 3. The first kappa shape index (κ1) is 21.6. The molecule has 31 heavy (non-hydrogen) atoms. The Morgan fingerprint density at radius 1 is 1.23 bits per heavy atom. The Morgan fingerprint density at radius 3 is 2.68 bits per heavy atom. The summed E-state index contributed by atoms with van der Waals surface area (Å²) in [6.45, 7) is 7.21. The molecule has 1 aliphatic heterocycles. The fraction of sp³-hybridized carbons (Fsp3) is 0.375. The summed E-state index contributed by atoms with van der Waals surface area (Å²) in [5.41, 5.74) is 4.64. The van der Waals surface area contributed by atoms with Crippen molar-refractivity contribution in [3.63, 3.8) is 0 Å². The molecule has 162 valence electrons. The van der Waals surface area contributed by atoms with Crippen LogP contribution in [0.15, 0.2) is 46.3 Å². The predicted octanol–water partition coefficient (Wildman–Crippen LogP) is 4.23. The fourth-order valence-corrected chi connectivity index (χ4v) is 4.90. The molecule has 6 nitrogen and oxygen atoms in total. The van der Waals surface area contributed by atoms with Crippen LogP contribution in [0.1, 0.15) is 29.5 Å². The first-order chi connectivity index (χ1) is 14.9. The van der Waals surface area contributed by atoms with Crippen LogP contribution in [0, 0.1) is 20.8 Å². The maximum absolute atomic E-state index is 13.1. The molecule has 1 atom stereocenters. The summed E-state index contributed by atoms with van der Waals surface area (Å²) >= 11 is 1.29. The van der Waals surface area contributed by atoms with Gasteiger partial charge in [-0.15, -0.1) is 0 Å². The van der Waals surface area contributed by atoms with Crippen LogP contribution in [-0.4, -0.2) is 33.9 Å². The standard InChI is InChI=1S/C24H27N3O3S/c1-15-11-16(2)22(17(3)12-15)26-21(28)14-31-24-25-20-9-5-4-8-19(20)23(29)27(24)13-18-7-6-10-30-18/h4-5,8-9,11-12,18H,6-7,10,13-14H2,1-3H3,(H,26,28)/t18-/m1/s1. The third-order valence-corrected chi connectivity index (χ3v) is 6.49. The van der Waals surface area contributed by atoms with Crippen molar-refractivity contribution < 1.29 is 9.53 Å². The molecule has 0 aliphatic carbocycles. The zero-order chi connectivity index (χ0) is 22.0. The number of para-hydroxylation sites is 1. The highest BCUT2D eigenvalue weighted by Gasteiger charge is 2.21. The topological polar surface area (TPSA) is 73.2 Å². The number of amides is 1. The van der Waals surface area contributed by atoms with Gasteiger partial charge in [-0.25, -0.2) is 4.98 Å². The quantitative estimate of drug-likeness (QED) is 0.461. The summed E-state index contributed by atoms with van der Waals surface area (Å²) in [5.74, 6) is 0.0504. The van der Waals surface area contributed by atoms with Crippen LogP contribution in [0.5, 0.6) is 0 Å². The number of rotatable bonds is 6. The molecule has 1 aromatic heterocycles. The van der Waals surface area contributed by atoms with E-state index in [1.54, 1.807) is 10.6 Å². The minimum Gasteiger partial charge on any atom is -0.376 e. The van der Waals surface area contributed by atoms with E-state index in [4.69, 9.17) is 9.72 Å². The molecule has 0 spiro atoms. The molecule has 2 heterocycles. The molecule has 1 saturated heterocycles. The van der Waals surface area contributed by atoms with E-state index in [-0.39, 0.29) is 23.3 Å². The van der Waals surface area contributed by atoms with Gasteiger partial charge in [-0.2, -0.15) is 0 Å². The molecule has 0 unspecified atom stereocenters. The van der Waals surface area contributed by atoms with E-state index in [0.29, 0.717) is 22.6 Å². The summed E-state index contributed by atoms with van der Waals surface area (Å²) in [7, 11) is 0. The highest BCUT2D eigenvalue weighted by Crippen LogP contribution is 2.24. The Balaban J connectivity index is 1.57. The molecule has 1 N–H and O–H groups in total. The first-order valence-electron chi connectivity index (χ1n) is 10.5. The Kier molecular flexibility index (Phi) is 6.43. The van der Waals surface area contributed by atoms with Crippen molar-refractivity contribution in [2.24, 2.45) is 0 Å². The largest absolute Gasteiger partial charge is 0.376 e. The molecule has 0 radical (unpaired) electrons. The number of nitrogens with one attached hydrogen (secondary N) is 1. The van der Waals surface area contributed by atoms with Crippen molar-refractivity contribution in [3.8, 4) is 0 Å². The number of anilines is 1. The lowest BCUT2D eigenvalue weighted by Crippen LogP contribution is -2.29. The fourth-order valence-electron chi connectivity index (χ4n) is 4.09. The number of ether oxygens (including phenoxy) is 1. The van der Waals surface area contributed by atoms with Gasteiger partial charge >= 0.3 is 0 Å². The van der Waals surface area contributed by atoms with Gasteiger partial charge in [0, 0.05) is 12.3 Å². The monoisotopic (exact) mass is 437 g/mol. The molecule has 3 aromatic rings. The predicted molar refractivity (Wildman–Crippen MR) is 125 cm³/mol. The number of fused-ring (bicyclic) bond motifs is 1. The van der Waals surface area contributed by atoms with E-state index in [9.17, 15) is 9.59 Å². The van der Waals surface area contributed by atoms with E-state index in [0.717, 1.165) is 36.3 Å². The van der Waals surface area contributed by atoms with Crippen molar-refractivity contribution in [3.05, 3.63) is 63.4 Å². The Morgan fingerprint density at radius 2 is 1.97 bits per heavy atom. The Labute approximate surface area is 186 Å². The highest BCUT2D eigenvalue weighted by atomic mass is 32.2. The van der Waals surface area contributed by atoms with Crippen molar-refractivity contribution >= 4 is 34.3 Å². The van der Waals surface area contributed by atoms with Crippen molar-refractivity contribution in [2.45, 2.75) is 51.4 Å². The minimum atomic E-state index is -0.119. The second-order valence-corrected chi connectivity index (χ2v) is 9.02. The summed E-state index contributed by atoms with van der Waals surface area (Å²) in [6, 6.07) is 11.4. The van der Waals surface area contributed by atoms with Gasteiger partial charge in [0.25, 0.3) is 5.56 Å². The molecule has 0 bridgehead atoms. The van der Waals surface area contributed by atoms with Gasteiger partial charge in [-0.3, -0.25) is 14.2 Å². The van der Waals surface area contributed by atoms with Gasteiger partial charge in [0.2, 0.25) is 5.91 Å². The van der Waals surface area contributed by atoms with Crippen molar-refractivity contribution in [1.82, 2.24) is 9.55 Å². The van der Waals surface area contributed by atoms with Crippen LogP contribution in [-0.2, 0) is 16.1 Å². The average molecular weight is 438 g/mol. The number of benzene rings is 2. The third kappa shape index (κ3) is 4.83. The van der Waals surface area contributed by atoms with Gasteiger partial charge in [-0.1, -0.05) is 41.6 Å². The molecule has 7 heteroatoms. The van der Waals surface area contributed by atoms with E-state index in [1.165, 1.54) is 17.3 Å². The second kappa shape index (κ2) is 9.24. The Bertz CT molecular complexity index is 1160. The van der Waals surface area contributed by atoms with Gasteiger partial charge in [0.15, 0.2) is 5.16 Å². The van der Waals surface area contributed by atoms with E-state index in [1.807, 2.05) is 39.0 Å². The van der Waals surface area contributed by atoms with Crippen LogP contribution >= 0.6 is 11.8 Å². The van der Waals surface area contributed by atoms with Gasteiger partial charge in [0.05, 0.1) is 29.3 Å². The van der Waals surface area contributed by atoms with Crippen LogP contribution < -0.4 is 10.9 Å². The van der Waals surface area contributed by atoms with E-state index in [2.05, 4.69) is 17.4 Å². The number of hydrogen-bond acceptors (Lipinski definition) is 5. The summed E-state index contributed by atoms with van der Waals surface area (Å²) in [6.07, 6.45) is 1.93. The van der Waals surface area contributed by atoms with E-state index < -0.39 is 0 Å². The second-order valence-electron chi connectivity index (χ2n) is 8.07. The van der Waals surface area contributed by atoms with Crippen LogP contribution in [0.3, 0.4) is 0 Å². The van der Waals surface area contributed by atoms with Crippen molar-refractivity contribution in [1.29, 1.82) is 0 Å². The minimum absolute atomic E-state index is 0.00620. The van der Waals surface area contributed by atoms with Crippen molar-refractivity contribution in [2.75, 3.05) is 17.7 Å². The first-order valence-corrected chi connectivity index (χ1v) is 11.5. The molecular weight excluding hydrogens is 410 g/mol. The molecule has 4 rings (SSSR count). The lowest BCUT2D eigenvalue weighted by molar-refractivity contribution is -0.113. The zero-order valence-electron chi connectivity index (χ0n) is 18.1. The maximum atomic E-state index is 13.1. The van der Waals surface area contributed by atoms with Gasteiger partial charge in [-0.05, 0) is 56.9 Å². The van der Waals surface area contributed by atoms with Gasteiger partial charge in [0.1, 0.15) is 0 Å². The lowest BCUT2D eigenvalue weighted by Gasteiger charge is -2.17. The molecule has 2 aromatic carbocycles. The Hall–Kier alpha value is -2.64. The number of hydrogen-bond donors (Lipinski definition) is 1. The van der Waals surface area contributed by atoms with Gasteiger partial charge < -0.3 is 10.1 Å². The SMILES string of the molecule is Cc1cc(C)c(NC(=O)CSc2nc3ccccc3c(=O)n2C[C@H]2CCCO2)c(C)c1. The lowest BCUT2D eigenvalue weighted by atomic mass is 10.1. The average Bonchev–Trinajstić information content (AvgIpc) is 3.25. The molecule has 0 saturated carbocycles. The number of aromatic nitrogens is 2. The number of nitrogens with zero attached hydrogens (tertiary/aromatic N) is 2. The maximum Gasteiger partial charge on any atom is 0.262 e. The molecule has 1 amide bonds. The van der Waals surface area contributed by atoms with E-state index >= 15 is 0 Å². The van der Waals surface area contributed by atoms with Crippen LogP contribution in [0.4, 0.5) is 5.69 Å². The third-order valence-electron chi connectivity index (χ3n) is 5.51. The number of carbonyl (C=O) groups excluding carboxylic acids is 1. The highest BCUT2D eigenvalue weighted by molar-refractivity contribution is 7.99. The molecule has 1 aliphatic rings. The van der Waals surface area contributed by atoms with Crippen LogP contribution in [0.2, 0.25) is 0 Å². The summed E-state index contributed by atoms with van der Waals surface area (Å²) < 4.78 is 7.41. The normalized spacial score (nSPS) is 16.0. The van der Waals surface area contributed by atoms with Crippen LogP contribution in [0.25, 0.3) is 10.9 Å².